The summed E-state index contributed by atoms with van der Waals surface area (Å²) in [4.78, 5) is 16.4. The van der Waals surface area contributed by atoms with E-state index in [1.807, 2.05) is 6.92 Å². The highest BCUT2D eigenvalue weighted by atomic mass is 32.2. The van der Waals surface area contributed by atoms with Gasteiger partial charge in [0.1, 0.15) is 6.67 Å². The number of allylic oxidation sites excluding steroid dienone is 1. The van der Waals surface area contributed by atoms with E-state index in [4.69, 9.17) is 0 Å². The highest BCUT2D eigenvalue weighted by Gasteiger charge is 2.15. The molecule has 0 saturated heterocycles. The first-order valence-corrected chi connectivity index (χ1v) is 8.61. The standard InChI is InChI=1S/C15H25N3OS/c1-12-9-16-11-17-15(20-10-14(12)19)18-13-7-5-3-2-4-6-8-13/h9,13,16H,2-8,10-11H2,1H3,(H,17,18)/b12-9-. The maximum Gasteiger partial charge on any atom is 0.170 e. The Bertz CT molecular complexity index is 385. The molecule has 5 heteroatoms. The molecule has 0 spiro atoms. The molecule has 20 heavy (non-hydrogen) atoms. The Labute approximate surface area is 125 Å². The maximum absolute atomic E-state index is 11.8. The van der Waals surface area contributed by atoms with Crippen LogP contribution in [0.25, 0.3) is 0 Å². The van der Waals surface area contributed by atoms with Crippen LogP contribution in [0, 0.1) is 0 Å². The largest absolute Gasteiger partial charge is 0.372 e. The van der Waals surface area contributed by atoms with Crippen LogP contribution >= 0.6 is 11.8 Å². The summed E-state index contributed by atoms with van der Waals surface area (Å²) in [6, 6.07) is 0.520. The van der Waals surface area contributed by atoms with Gasteiger partial charge >= 0.3 is 0 Å². The van der Waals surface area contributed by atoms with Crippen molar-refractivity contribution in [1.82, 2.24) is 10.6 Å². The second-order valence-corrected chi connectivity index (χ2v) is 6.52. The fraction of sp³-hybridized carbons (Fsp3) is 0.733. The second kappa shape index (κ2) is 8.35. The highest BCUT2D eigenvalue weighted by molar-refractivity contribution is 8.14. The van der Waals surface area contributed by atoms with Crippen molar-refractivity contribution in [2.45, 2.75) is 57.9 Å². The minimum absolute atomic E-state index is 0.177. The Morgan fingerprint density at radius 2 is 1.95 bits per heavy atom. The third-order valence-corrected chi connectivity index (χ3v) is 4.77. The molecule has 1 aliphatic heterocycles. The summed E-state index contributed by atoms with van der Waals surface area (Å²) in [5.41, 5.74) is 0.778. The van der Waals surface area contributed by atoms with Crippen LogP contribution < -0.4 is 10.6 Å². The Hall–Kier alpha value is -0.970. The first-order valence-electron chi connectivity index (χ1n) is 7.63. The topological polar surface area (TPSA) is 53.5 Å². The molecule has 2 aliphatic rings. The number of hydrogen-bond acceptors (Lipinski definition) is 5. The van der Waals surface area contributed by atoms with Crippen molar-refractivity contribution in [1.29, 1.82) is 0 Å². The van der Waals surface area contributed by atoms with E-state index in [1.54, 1.807) is 6.20 Å². The molecular weight excluding hydrogens is 270 g/mol. The Kier molecular flexibility index (Phi) is 6.43. The first-order chi connectivity index (χ1) is 9.75. The number of rotatable bonds is 1. The molecule has 0 bridgehead atoms. The quantitative estimate of drug-likeness (QED) is 0.781. The van der Waals surface area contributed by atoms with Crippen molar-refractivity contribution < 1.29 is 4.79 Å². The summed E-state index contributed by atoms with van der Waals surface area (Å²) in [5.74, 6) is 0.652. The molecule has 0 aromatic rings. The predicted octanol–water partition coefficient (Wildman–Crippen LogP) is 2.81. The number of carbonyl (C=O) groups is 1. The van der Waals surface area contributed by atoms with E-state index in [0.29, 0.717) is 18.5 Å². The summed E-state index contributed by atoms with van der Waals surface area (Å²) < 4.78 is 0. The normalized spacial score (nSPS) is 28.4. The molecule has 0 atom stereocenters. The molecule has 4 nitrogen and oxygen atoms in total. The third-order valence-electron chi connectivity index (χ3n) is 3.85. The van der Waals surface area contributed by atoms with Crippen LogP contribution in [0.15, 0.2) is 16.8 Å². The summed E-state index contributed by atoms with van der Waals surface area (Å²) in [7, 11) is 0. The van der Waals surface area contributed by atoms with Crippen molar-refractivity contribution in [2.75, 3.05) is 12.4 Å². The molecular formula is C15H25N3OS. The molecule has 0 radical (unpaired) electrons. The molecule has 0 amide bonds. The van der Waals surface area contributed by atoms with Gasteiger partial charge in [0.05, 0.1) is 5.75 Å². The van der Waals surface area contributed by atoms with Crippen molar-refractivity contribution in [3.05, 3.63) is 11.8 Å². The zero-order valence-electron chi connectivity index (χ0n) is 12.3. The first kappa shape index (κ1) is 15.4. The number of nitrogens with zero attached hydrogens (tertiary/aromatic N) is 1. The molecule has 2 N–H and O–H groups in total. The monoisotopic (exact) mass is 295 g/mol. The number of thioether (sulfide) groups is 1. The zero-order valence-corrected chi connectivity index (χ0v) is 13.1. The van der Waals surface area contributed by atoms with E-state index in [0.717, 1.165) is 10.7 Å². The number of nitrogens with one attached hydrogen (secondary N) is 2. The lowest BCUT2D eigenvalue weighted by molar-refractivity contribution is -0.113. The minimum Gasteiger partial charge on any atom is -0.372 e. The lowest BCUT2D eigenvalue weighted by Gasteiger charge is -2.22. The van der Waals surface area contributed by atoms with Gasteiger partial charge < -0.3 is 10.6 Å². The molecule has 1 heterocycles. The number of hydrogen-bond donors (Lipinski definition) is 2. The maximum atomic E-state index is 11.8. The van der Waals surface area contributed by atoms with Crippen molar-refractivity contribution in [2.24, 2.45) is 4.99 Å². The zero-order chi connectivity index (χ0) is 14.2. The van der Waals surface area contributed by atoms with Gasteiger partial charge in [0.15, 0.2) is 11.0 Å². The number of Topliss-reactive ketones (excluding diaryl/α,β-unsaturated/α-hetero) is 1. The molecule has 0 aromatic carbocycles. The van der Waals surface area contributed by atoms with Gasteiger partial charge in [-0.25, -0.2) is 4.99 Å². The molecule has 1 fully saturated rings. The summed E-state index contributed by atoms with van der Waals surface area (Å²) in [6.07, 6.45) is 10.9. The molecule has 0 unspecified atom stereocenters. The molecule has 2 rings (SSSR count). The lowest BCUT2D eigenvalue weighted by Crippen LogP contribution is -2.34. The third kappa shape index (κ3) is 5.19. The van der Waals surface area contributed by atoms with Crippen molar-refractivity contribution in [3.8, 4) is 0 Å². The van der Waals surface area contributed by atoms with Gasteiger partial charge in [-0.3, -0.25) is 4.79 Å². The van der Waals surface area contributed by atoms with Crippen LogP contribution in [0.1, 0.15) is 51.9 Å². The summed E-state index contributed by atoms with van der Waals surface area (Å²) >= 11 is 1.54. The molecule has 1 aliphatic carbocycles. The van der Waals surface area contributed by atoms with Crippen molar-refractivity contribution in [3.63, 3.8) is 0 Å². The van der Waals surface area contributed by atoms with E-state index in [1.165, 1.54) is 56.7 Å². The van der Waals surface area contributed by atoms with Crippen LogP contribution in [0.2, 0.25) is 0 Å². The van der Waals surface area contributed by atoms with Gasteiger partial charge in [-0.2, -0.15) is 0 Å². The minimum atomic E-state index is 0.177. The van der Waals surface area contributed by atoms with Gasteiger partial charge in [0, 0.05) is 17.8 Å². The average molecular weight is 295 g/mol. The Morgan fingerprint density at radius 1 is 1.25 bits per heavy atom. The smallest absolute Gasteiger partial charge is 0.170 e. The van der Waals surface area contributed by atoms with Gasteiger partial charge in [-0.1, -0.05) is 43.9 Å². The molecule has 112 valence electrons. The lowest BCUT2D eigenvalue weighted by atomic mass is 9.97. The van der Waals surface area contributed by atoms with E-state index in [2.05, 4.69) is 15.6 Å². The van der Waals surface area contributed by atoms with E-state index < -0.39 is 0 Å². The van der Waals surface area contributed by atoms with Crippen LogP contribution in [0.5, 0.6) is 0 Å². The number of ketones is 1. The van der Waals surface area contributed by atoms with Gasteiger partial charge in [-0.05, 0) is 19.8 Å². The predicted molar refractivity (Wildman–Crippen MR) is 85.9 cm³/mol. The SMILES string of the molecule is C/C1=C/NC/N=C(/NC2CCCCCCC2)SCC1=O. The fourth-order valence-electron chi connectivity index (χ4n) is 2.55. The second-order valence-electron chi connectivity index (χ2n) is 5.55. The van der Waals surface area contributed by atoms with Crippen LogP contribution in [-0.4, -0.2) is 29.4 Å². The average Bonchev–Trinajstić information content (AvgIpc) is 2.48. The molecule has 0 aromatic heterocycles. The van der Waals surface area contributed by atoms with Gasteiger partial charge in [0.2, 0.25) is 0 Å². The highest BCUT2D eigenvalue weighted by Crippen LogP contribution is 2.18. The number of carbonyl (C=O) groups excluding carboxylic acids is 1. The Balaban J connectivity index is 1.88. The van der Waals surface area contributed by atoms with Crippen LogP contribution in [-0.2, 0) is 4.79 Å². The van der Waals surface area contributed by atoms with Crippen LogP contribution in [0.4, 0.5) is 0 Å². The summed E-state index contributed by atoms with van der Waals surface area (Å²) in [6.45, 7) is 2.38. The van der Waals surface area contributed by atoms with Crippen molar-refractivity contribution >= 4 is 22.7 Å². The Morgan fingerprint density at radius 3 is 2.70 bits per heavy atom. The van der Waals surface area contributed by atoms with E-state index in [9.17, 15) is 4.79 Å². The number of amidine groups is 1. The van der Waals surface area contributed by atoms with Gasteiger partial charge in [0.25, 0.3) is 0 Å². The fourth-order valence-corrected chi connectivity index (χ4v) is 3.45. The van der Waals surface area contributed by atoms with Crippen LogP contribution in [0.3, 0.4) is 0 Å². The van der Waals surface area contributed by atoms with Gasteiger partial charge in [-0.15, -0.1) is 0 Å². The summed E-state index contributed by atoms with van der Waals surface area (Å²) in [5, 5.41) is 7.54. The molecule has 1 saturated carbocycles. The van der Waals surface area contributed by atoms with E-state index in [-0.39, 0.29) is 5.78 Å². The van der Waals surface area contributed by atoms with E-state index >= 15 is 0 Å². The number of aliphatic imine (C=N–C) groups is 1.